The molecule has 4 nitrogen and oxygen atoms in total. The molecule has 2 unspecified atom stereocenters. The zero-order valence-corrected chi connectivity index (χ0v) is 15.5. The first-order valence-corrected chi connectivity index (χ1v) is 10.1. The van der Waals surface area contributed by atoms with Gasteiger partial charge < -0.3 is 10.0 Å². The summed E-state index contributed by atoms with van der Waals surface area (Å²) in [5.41, 5.74) is 3.52. The van der Waals surface area contributed by atoms with E-state index in [1.165, 1.54) is 31.5 Å². The van der Waals surface area contributed by atoms with E-state index in [1.54, 1.807) is 4.90 Å². The van der Waals surface area contributed by atoms with E-state index in [0.717, 1.165) is 24.1 Å². The van der Waals surface area contributed by atoms with E-state index in [4.69, 9.17) is 0 Å². The molecule has 0 aromatic heterocycles. The molecule has 4 aliphatic rings. The van der Waals surface area contributed by atoms with Gasteiger partial charge in [0.2, 0.25) is 0 Å². The third-order valence-corrected chi connectivity index (χ3v) is 6.95. The molecule has 4 heteroatoms. The van der Waals surface area contributed by atoms with Crippen molar-refractivity contribution < 1.29 is 9.90 Å². The van der Waals surface area contributed by atoms with Gasteiger partial charge >= 0.3 is 6.09 Å². The maximum absolute atomic E-state index is 12.5. The van der Waals surface area contributed by atoms with Crippen molar-refractivity contribution in [3.05, 3.63) is 71.3 Å². The van der Waals surface area contributed by atoms with Crippen molar-refractivity contribution in [2.45, 2.75) is 31.3 Å². The van der Waals surface area contributed by atoms with Crippen LogP contribution < -0.4 is 0 Å². The van der Waals surface area contributed by atoms with Gasteiger partial charge in [-0.3, -0.25) is 4.90 Å². The number of carbonyl (C=O) groups is 1. The number of piperidine rings is 3. The summed E-state index contributed by atoms with van der Waals surface area (Å²) in [5.74, 6) is 1.09. The standard InChI is InChI=1S/C23H26N2O2/c26-23(27)25-21(20-15-24-12-10-16(20)11-13-24)14-18-8-4-5-9-19(18)22(25)17-6-2-1-3-7-17/h1-9,16,20-22H,10-15H2,(H,26,27)/t20-,21?,22?/m0/s1. The molecule has 4 aliphatic heterocycles. The Morgan fingerprint density at radius 2 is 1.67 bits per heavy atom. The maximum atomic E-state index is 12.5. The highest BCUT2D eigenvalue weighted by Crippen LogP contribution is 2.44. The fraction of sp³-hybridized carbons (Fsp3) is 0.435. The summed E-state index contributed by atoms with van der Waals surface area (Å²) in [6, 6.07) is 18.4. The molecule has 0 radical (unpaired) electrons. The quantitative estimate of drug-likeness (QED) is 0.877. The van der Waals surface area contributed by atoms with Crippen molar-refractivity contribution in [1.82, 2.24) is 9.80 Å². The number of fused-ring (bicyclic) bond motifs is 4. The van der Waals surface area contributed by atoms with Gasteiger partial charge in [0.25, 0.3) is 0 Å². The zero-order chi connectivity index (χ0) is 18.4. The molecule has 6 rings (SSSR count). The van der Waals surface area contributed by atoms with E-state index in [2.05, 4.69) is 35.2 Å². The Kier molecular flexibility index (Phi) is 4.16. The summed E-state index contributed by atoms with van der Waals surface area (Å²) in [4.78, 5) is 16.8. The molecule has 3 atom stereocenters. The highest BCUT2D eigenvalue weighted by atomic mass is 16.4. The molecule has 3 saturated heterocycles. The molecule has 1 amide bonds. The Labute approximate surface area is 160 Å². The van der Waals surface area contributed by atoms with Gasteiger partial charge in [0.1, 0.15) is 0 Å². The van der Waals surface area contributed by atoms with Crippen LogP contribution in [0.15, 0.2) is 54.6 Å². The minimum Gasteiger partial charge on any atom is -0.465 e. The Hall–Kier alpha value is -2.33. The lowest BCUT2D eigenvalue weighted by molar-refractivity contribution is -0.0123. The van der Waals surface area contributed by atoms with Gasteiger partial charge in [-0.15, -0.1) is 0 Å². The van der Waals surface area contributed by atoms with E-state index in [-0.39, 0.29) is 12.1 Å². The van der Waals surface area contributed by atoms with Crippen LogP contribution in [0.3, 0.4) is 0 Å². The van der Waals surface area contributed by atoms with Crippen LogP contribution in [0, 0.1) is 11.8 Å². The first-order chi connectivity index (χ1) is 13.2. The van der Waals surface area contributed by atoms with E-state index in [1.807, 2.05) is 24.3 Å². The first kappa shape index (κ1) is 16.8. The summed E-state index contributed by atoms with van der Waals surface area (Å²) in [7, 11) is 0. The van der Waals surface area contributed by atoms with Crippen LogP contribution >= 0.6 is 0 Å². The normalized spacial score (nSPS) is 32.1. The number of benzene rings is 2. The Morgan fingerprint density at radius 3 is 2.33 bits per heavy atom. The third-order valence-electron chi connectivity index (χ3n) is 6.95. The summed E-state index contributed by atoms with van der Waals surface area (Å²) >= 11 is 0. The number of hydrogen-bond acceptors (Lipinski definition) is 2. The topological polar surface area (TPSA) is 43.8 Å². The zero-order valence-electron chi connectivity index (χ0n) is 15.5. The molecule has 2 aromatic carbocycles. The van der Waals surface area contributed by atoms with Gasteiger partial charge in [0.05, 0.1) is 6.04 Å². The molecule has 27 heavy (non-hydrogen) atoms. The average molecular weight is 362 g/mol. The van der Waals surface area contributed by atoms with Gasteiger partial charge in [-0.25, -0.2) is 4.79 Å². The second-order valence-corrected chi connectivity index (χ2v) is 8.28. The van der Waals surface area contributed by atoms with Gasteiger partial charge in [-0.1, -0.05) is 54.6 Å². The second kappa shape index (κ2) is 6.68. The fourth-order valence-corrected chi connectivity index (χ4v) is 5.68. The molecule has 3 fully saturated rings. The SMILES string of the molecule is O=C(O)N1C(c2ccccc2)c2ccccc2CC1[C@H]1CN2CCC1CC2. The smallest absolute Gasteiger partial charge is 0.408 e. The predicted molar refractivity (Wildman–Crippen MR) is 105 cm³/mol. The molecule has 0 aliphatic carbocycles. The number of amides is 1. The van der Waals surface area contributed by atoms with Crippen molar-refractivity contribution in [3.8, 4) is 0 Å². The molecule has 2 aromatic rings. The van der Waals surface area contributed by atoms with Crippen molar-refractivity contribution >= 4 is 6.09 Å². The molecule has 140 valence electrons. The highest BCUT2D eigenvalue weighted by Gasteiger charge is 2.46. The maximum Gasteiger partial charge on any atom is 0.408 e. The second-order valence-electron chi connectivity index (χ2n) is 8.28. The summed E-state index contributed by atoms with van der Waals surface area (Å²) in [6.45, 7) is 3.40. The Bertz CT molecular complexity index is 829. The summed E-state index contributed by atoms with van der Waals surface area (Å²) in [5, 5.41) is 10.3. The van der Waals surface area contributed by atoms with Crippen LogP contribution in [0.2, 0.25) is 0 Å². The van der Waals surface area contributed by atoms with E-state index in [0.29, 0.717) is 11.8 Å². The van der Waals surface area contributed by atoms with E-state index < -0.39 is 6.09 Å². The third kappa shape index (κ3) is 2.83. The Morgan fingerprint density at radius 1 is 0.963 bits per heavy atom. The lowest BCUT2D eigenvalue weighted by atomic mass is 9.71. The molecular weight excluding hydrogens is 336 g/mol. The minimum atomic E-state index is -0.792. The fourth-order valence-electron chi connectivity index (χ4n) is 5.68. The molecular formula is C23H26N2O2. The number of carboxylic acid groups (broad SMARTS) is 1. The van der Waals surface area contributed by atoms with Crippen LogP contribution in [-0.2, 0) is 6.42 Å². The van der Waals surface area contributed by atoms with Gasteiger partial charge in [-0.2, -0.15) is 0 Å². The molecule has 0 saturated carbocycles. The monoisotopic (exact) mass is 362 g/mol. The van der Waals surface area contributed by atoms with Crippen LogP contribution in [0.25, 0.3) is 0 Å². The van der Waals surface area contributed by atoms with Crippen LogP contribution in [0.5, 0.6) is 0 Å². The van der Waals surface area contributed by atoms with Gasteiger partial charge in [0, 0.05) is 12.6 Å². The minimum absolute atomic E-state index is 0.0516. The predicted octanol–water partition coefficient (Wildman–Crippen LogP) is 4.02. The number of hydrogen-bond donors (Lipinski definition) is 1. The molecule has 2 bridgehead atoms. The van der Waals surface area contributed by atoms with Crippen LogP contribution in [0.1, 0.15) is 35.6 Å². The molecule has 4 heterocycles. The van der Waals surface area contributed by atoms with Crippen LogP contribution in [-0.4, -0.2) is 46.7 Å². The molecule has 0 spiro atoms. The van der Waals surface area contributed by atoms with E-state index >= 15 is 0 Å². The lowest BCUT2D eigenvalue weighted by Crippen LogP contribution is -2.59. The number of nitrogens with zero attached hydrogens (tertiary/aromatic N) is 2. The van der Waals surface area contributed by atoms with E-state index in [9.17, 15) is 9.90 Å². The largest absolute Gasteiger partial charge is 0.465 e. The van der Waals surface area contributed by atoms with Crippen molar-refractivity contribution in [1.29, 1.82) is 0 Å². The number of rotatable bonds is 2. The molecule has 1 N–H and O–H groups in total. The van der Waals surface area contributed by atoms with Gasteiger partial charge in [-0.05, 0) is 60.9 Å². The lowest BCUT2D eigenvalue weighted by Gasteiger charge is -2.52. The average Bonchev–Trinajstić information content (AvgIpc) is 2.73. The van der Waals surface area contributed by atoms with Crippen molar-refractivity contribution in [2.75, 3.05) is 19.6 Å². The summed E-state index contributed by atoms with van der Waals surface area (Å²) < 4.78 is 0. The van der Waals surface area contributed by atoms with Crippen molar-refractivity contribution in [2.24, 2.45) is 11.8 Å². The van der Waals surface area contributed by atoms with Crippen molar-refractivity contribution in [3.63, 3.8) is 0 Å². The Balaban J connectivity index is 1.61. The first-order valence-electron chi connectivity index (χ1n) is 10.1. The van der Waals surface area contributed by atoms with Gasteiger partial charge in [0.15, 0.2) is 0 Å². The highest BCUT2D eigenvalue weighted by molar-refractivity contribution is 5.68. The van der Waals surface area contributed by atoms with Crippen LogP contribution in [0.4, 0.5) is 4.79 Å². The summed E-state index contributed by atoms with van der Waals surface area (Å²) in [6.07, 6.45) is 2.47.